The summed E-state index contributed by atoms with van der Waals surface area (Å²) in [6.07, 6.45) is 0.715. The fourth-order valence-corrected chi connectivity index (χ4v) is 4.09. The number of anilines is 1. The highest BCUT2D eigenvalue weighted by Gasteiger charge is 2.20. The van der Waals surface area contributed by atoms with Crippen molar-refractivity contribution in [2.75, 3.05) is 12.3 Å². The number of halogens is 1. The summed E-state index contributed by atoms with van der Waals surface area (Å²) in [5, 5.41) is 5.12. The third kappa shape index (κ3) is 3.65. The average molecular weight is 442 g/mol. The summed E-state index contributed by atoms with van der Waals surface area (Å²) in [5.41, 5.74) is 9.78. The molecule has 32 heavy (non-hydrogen) atoms. The molecule has 0 spiro atoms. The third-order valence-corrected chi connectivity index (χ3v) is 5.59. The number of nitrogen functional groups attached to an aromatic ring is 1. The van der Waals surface area contributed by atoms with Crippen molar-refractivity contribution >= 4 is 45.3 Å². The number of hydrogen-bond acceptors (Lipinski definition) is 4. The molecule has 2 aromatic heterocycles. The van der Waals surface area contributed by atoms with Crippen LogP contribution in [0, 0.1) is 0 Å². The van der Waals surface area contributed by atoms with Crippen LogP contribution in [0.1, 0.15) is 16.2 Å². The zero-order valence-corrected chi connectivity index (χ0v) is 17.9. The molecule has 0 unspecified atom stereocenters. The molecule has 0 bridgehead atoms. The smallest absolute Gasteiger partial charge is 0.289 e. The van der Waals surface area contributed by atoms with Crippen molar-refractivity contribution in [3.05, 3.63) is 95.3 Å². The number of aromatic nitrogens is 3. The zero-order valence-electron chi connectivity index (χ0n) is 17.1. The minimum Gasteiger partial charge on any atom is -0.383 e. The van der Waals surface area contributed by atoms with Crippen LogP contribution in [0.15, 0.2) is 78.9 Å². The van der Waals surface area contributed by atoms with Crippen LogP contribution >= 0.6 is 11.6 Å². The molecular formula is C25H20ClN5O. The Kier molecular flexibility index (Phi) is 5.21. The van der Waals surface area contributed by atoms with Crippen LogP contribution in [0.4, 0.5) is 5.82 Å². The molecule has 6 nitrogen and oxygen atoms in total. The second-order valence-corrected chi connectivity index (χ2v) is 7.89. The topological polar surface area (TPSA) is 85.8 Å². The van der Waals surface area contributed by atoms with Gasteiger partial charge in [-0.3, -0.25) is 9.36 Å². The summed E-state index contributed by atoms with van der Waals surface area (Å²) in [6, 6.07) is 25.3. The average Bonchev–Trinajstić information content (AvgIpc) is 3.14. The number of hydrogen-bond donors (Lipinski definition) is 2. The number of nitrogens with one attached hydrogen (secondary N) is 1. The summed E-state index contributed by atoms with van der Waals surface area (Å²) >= 11 is 6.25. The van der Waals surface area contributed by atoms with Crippen LogP contribution in [-0.4, -0.2) is 27.0 Å². The van der Waals surface area contributed by atoms with Crippen molar-refractivity contribution in [3.63, 3.8) is 0 Å². The lowest BCUT2D eigenvalue weighted by Gasteiger charge is -2.09. The summed E-state index contributed by atoms with van der Waals surface area (Å²) in [7, 11) is 0. The summed E-state index contributed by atoms with van der Waals surface area (Å²) in [4.78, 5) is 21.8. The van der Waals surface area contributed by atoms with Crippen LogP contribution in [0.3, 0.4) is 0 Å². The first-order valence-electron chi connectivity index (χ1n) is 10.3. The predicted molar refractivity (Wildman–Crippen MR) is 128 cm³/mol. The molecule has 5 aromatic rings. The monoisotopic (exact) mass is 441 g/mol. The van der Waals surface area contributed by atoms with Gasteiger partial charge in [0, 0.05) is 22.6 Å². The number of para-hydroxylation sites is 1. The normalized spacial score (nSPS) is 11.2. The SMILES string of the molecule is Nc1nc(C(=O)NCCc2ccccc2)nc2c1c1ccccc1n2-c1cccc(Cl)c1. The van der Waals surface area contributed by atoms with Gasteiger partial charge in [0.05, 0.1) is 10.9 Å². The largest absolute Gasteiger partial charge is 0.383 e. The molecule has 0 saturated carbocycles. The molecular weight excluding hydrogens is 422 g/mol. The summed E-state index contributed by atoms with van der Waals surface area (Å²) < 4.78 is 1.95. The fraction of sp³-hybridized carbons (Fsp3) is 0.0800. The lowest BCUT2D eigenvalue weighted by Crippen LogP contribution is -2.28. The molecule has 0 fully saturated rings. The van der Waals surface area contributed by atoms with E-state index >= 15 is 0 Å². The van der Waals surface area contributed by atoms with E-state index in [4.69, 9.17) is 17.3 Å². The van der Waals surface area contributed by atoms with Gasteiger partial charge in [0.15, 0.2) is 5.65 Å². The van der Waals surface area contributed by atoms with Crippen LogP contribution in [0.5, 0.6) is 0 Å². The first kappa shape index (κ1) is 20.0. The highest BCUT2D eigenvalue weighted by molar-refractivity contribution is 6.30. The molecule has 0 atom stereocenters. The molecule has 5 rings (SSSR count). The molecule has 1 amide bonds. The number of carbonyl (C=O) groups excluding carboxylic acids is 1. The van der Waals surface area contributed by atoms with E-state index in [2.05, 4.69) is 15.3 Å². The van der Waals surface area contributed by atoms with Gasteiger partial charge in [0.25, 0.3) is 5.91 Å². The van der Waals surface area contributed by atoms with Gasteiger partial charge < -0.3 is 11.1 Å². The molecule has 2 heterocycles. The lowest BCUT2D eigenvalue weighted by atomic mass is 10.1. The standard InChI is InChI=1S/C25H20ClN5O/c26-17-9-6-10-18(15-17)31-20-12-5-4-11-19(20)21-22(27)29-23(30-24(21)31)25(32)28-14-13-16-7-2-1-3-8-16/h1-12,15H,13-14H2,(H,28,32)(H2,27,29,30). The number of rotatable bonds is 5. The molecule has 0 radical (unpaired) electrons. The Morgan fingerprint density at radius 2 is 1.75 bits per heavy atom. The number of fused-ring (bicyclic) bond motifs is 3. The number of carbonyl (C=O) groups is 1. The molecule has 3 aromatic carbocycles. The van der Waals surface area contributed by atoms with E-state index in [0.29, 0.717) is 29.0 Å². The van der Waals surface area contributed by atoms with Crippen LogP contribution < -0.4 is 11.1 Å². The third-order valence-electron chi connectivity index (χ3n) is 5.36. The molecule has 3 N–H and O–H groups in total. The maximum absolute atomic E-state index is 12.8. The minimum absolute atomic E-state index is 0.0362. The number of nitrogens with two attached hydrogens (primary N) is 1. The van der Waals surface area contributed by atoms with Crippen molar-refractivity contribution in [3.8, 4) is 5.69 Å². The maximum atomic E-state index is 12.8. The second kappa shape index (κ2) is 8.32. The van der Waals surface area contributed by atoms with Crippen molar-refractivity contribution in [2.45, 2.75) is 6.42 Å². The Labute approximate surface area is 189 Å². The van der Waals surface area contributed by atoms with Crippen molar-refractivity contribution in [1.82, 2.24) is 19.9 Å². The summed E-state index contributed by atoms with van der Waals surface area (Å²) in [6.45, 7) is 0.474. The van der Waals surface area contributed by atoms with Crippen molar-refractivity contribution in [1.29, 1.82) is 0 Å². The van der Waals surface area contributed by atoms with Crippen molar-refractivity contribution in [2.24, 2.45) is 0 Å². The van der Waals surface area contributed by atoms with Gasteiger partial charge in [0.2, 0.25) is 5.82 Å². The molecule has 0 saturated heterocycles. The van der Waals surface area contributed by atoms with Gasteiger partial charge in [0.1, 0.15) is 5.82 Å². The van der Waals surface area contributed by atoms with E-state index in [0.717, 1.165) is 22.2 Å². The highest BCUT2D eigenvalue weighted by Crippen LogP contribution is 2.34. The number of nitrogens with zero attached hydrogens (tertiary/aromatic N) is 3. The van der Waals surface area contributed by atoms with Gasteiger partial charge in [-0.1, -0.05) is 66.2 Å². The highest BCUT2D eigenvalue weighted by atomic mass is 35.5. The van der Waals surface area contributed by atoms with Gasteiger partial charge in [-0.05, 0) is 36.2 Å². The minimum atomic E-state index is -0.363. The first-order valence-corrected chi connectivity index (χ1v) is 10.6. The number of amides is 1. The Morgan fingerprint density at radius 3 is 2.56 bits per heavy atom. The Bertz CT molecular complexity index is 1450. The molecule has 0 aliphatic heterocycles. The Morgan fingerprint density at radius 1 is 0.969 bits per heavy atom. The molecule has 158 valence electrons. The predicted octanol–water partition coefficient (Wildman–Crippen LogP) is 4.78. The van der Waals surface area contributed by atoms with Gasteiger partial charge in [-0.25, -0.2) is 9.97 Å². The summed E-state index contributed by atoms with van der Waals surface area (Å²) in [5.74, 6) is -0.0632. The van der Waals surface area contributed by atoms with Crippen LogP contribution in [-0.2, 0) is 6.42 Å². The quantitative estimate of drug-likeness (QED) is 0.411. The van der Waals surface area contributed by atoms with E-state index in [1.54, 1.807) is 0 Å². The Balaban J connectivity index is 1.57. The maximum Gasteiger partial charge on any atom is 0.289 e. The van der Waals surface area contributed by atoms with E-state index in [1.807, 2.05) is 83.4 Å². The lowest BCUT2D eigenvalue weighted by molar-refractivity contribution is 0.0944. The van der Waals surface area contributed by atoms with Crippen LogP contribution in [0.25, 0.3) is 27.6 Å². The van der Waals surface area contributed by atoms with Gasteiger partial charge >= 0.3 is 0 Å². The fourth-order valence-electron chi connectivity index (χ4n) is 3.90. The molecule has 0 aliphatic rings. The van der Waals surface area contributed by atoms with E-state index in [9.17, 15) is 4.79 Å². The van der Waals surface area contributed by atoms with Gasteiger partial charge in [-0.15, -0.1) is 0 Å². The zero-order chi connectivity index (χ0) is 22.1. The molecule has 7 heteroatoms. The molecule has 0 aliphatic carbocycles. The van der Waals surface area contributed by atoms with Gasteiger partial charge in [-0.2, -0.15) is 0 Å². The van der Waals surface area contributed by atoms with Crippen LogP contribution in [0.2, 0.25) is 5.02 Å². The Hall–Kier alpha value is -3.90. The first-order chi connectivity index (χ1) is 15.6. The van der Waals surface area contributed by atoms with E-state index < -0.39 is 0 Å². The van der Waals surface area contributed by atoms with Crippen molar-refractivity contribution < 1.29 is 4.79 Å². The van der Waals surface area contributed by atoms with E-state index in [-0.39, 0.29) is 17.5 Å². The second-order valence-electron chi connectivity index (χ2n) is 7.45. The van der Waals surface area contributed by atoms with E-state index in [1.165, 1.54) is 0 Å². The number of benzene rings is 3.